The van der Waals surface area contributed by atoms with E-state index in [9.17, 15) is 0 Å². The zero-order valence-electron chi connectivity index (χ0n) is 14.3. The number of benzene rings is 1. The predicted molar refractivity (Wildman–Crippen MR) is 115 cm³/mol. The molecule has 1 aliphatic rings. The van der Waals surface area contributed by atoms with E-state index in [1.807, 2.05) is 29.8 Å². The van der Waals surface area contributed by atoms with Gasteiger partial charge in [-0.15, -0.1) is 35.3 Å². The Balaban J connectivity index is 0.00000225. The van der Waals surface area contributed by atoms with Gasteiger partial charge in [-0.3, -0.25) is 4.99 Å². The third-order valence-corrected chi connectivity index (χ3v) is 4.93. The lowest BCUT2D eigenvalue weighted by molar-refractivity contribution is 0.380. The second-order valence-corrected chi connectivity index (χ2v) is 6.50. The molecule has 2 aromatic rings. The lowest BCUT2D eigenvalue weighted by atomic mass is 10.1. The Labute approximate surface area is 169 Å². The van der Waals surface area contributed by atoms with Gasteiger partial charge < -0.3 is 20.3 Å². The maximum atomic E-state index is 6.15. The summed E-state index contributed by atoms with van der Waals surface area (Å²) in [6.45, 7) is 4.31. The minimum atomic E-state index is 0. The number of nitrogens with two attached hydrogens (primary N) is 1. The number of halogens is 1. The summed E-state index contributed by atoms with van der Waals surface area (Å²) in [6, 6.07) is 8.07. The zero-order valence-corrected chi connectivity index (χ0v) is 17.4. The maximum Gasteiger partial charge on any atom is 0.191 e. The summed E-state index contributed by atoms with van der Waals surface area (Å²) in [6.07, 6.45) is 2.71. The Morgan fingerprint density at radius 1 is 1.32 bits per heavy atom. The number of ether oxygens (including phenoxy) is 1. The monoisotopic (exact) mass is 473 g/mol. The van der Waals surface area contributed by atoms with Crippen molar-refractivity contribution in [2.75, 3.05) is 44.7 Å². The third-order valence-electron chi connectivity index (χ3n) is 4.10. The van der Waals surface area contributed by atoms with Gasteiger partial charge in [0.15, 0.2) is 11.1 Å². The van der Waals surface area contributed by atoms with Crippen molar-refractivity contribution in [1.29, 1.82) is 0 Å². The number of piperazine rings is 1. The number of aromatic nitrogens is 1. The van der Waals surface area contributed by atoms with Crippen LogP contribution in [0.3, 0.4) is 0 Å². The smallest absolute Gasteiger partial charge is 0.191 e. The quantitative estimate of drug-likeness (QED) is 0.411. The summed E-state index contributed by atoms with van der Waals surface area (Å²) in [5, 5.41) is 3.10. The molecule has 1 aromatic carbocycles. The third kappa shape index (κ3) is 5.46. The number of rotatable bonds is 5. The van der Waals surface area contributed by atoms with Crippen LogP contribution in [0.15, 0.2) is 40.8 Å². The molecule has 1 saturated heterocycles. The van der Waals surface area contributed by atoms with Crippen molar-refractivity contribution in [3.8, 4) is 5.75 Å². The molecule has 6 nitrogen and oxygen atoms in total. The fraction of sp³-hybridized carbons (Fsp3) is 0.412. The van der Waals surface area contributed by atoms with Crippen molar-refractivity contribution >= 4 is 46.4 Å². The second kappa shape index (κ2) is 9.81. The predicted octanol–water partition coefficient (Wildman–Crippen LogP) is 2.45. The molecule has 2 heterocycles. The van der Waals surface area contributed by atoms with Crippen LogP contribution >= 0.6 is 35.3 Å². The first-order chi connectivity index (χ1) is 11.8. The fourth-order valence-corrected chi connectivity index (χ4v) is 3.42. The number of thiazole rings is 1. The van der Waals surface area contributed by atoms with Crippen LogP contribution in [0.5, 0.6) is 5.75 Å². The van der Waals surface area contributed by atoms with E-state index in [1.54, 1.807) is 18.4 Å². The summed E-state index contributed by atoms with van der Waals surface area (Å²) >= 11 is 1.68. The molecule has 0 radical (unpaired) electrons. The summed E-state index contributed by atoms with van der Waals surface area (Å²) in [5.41, 5.74) is 7.36. The lowest BCUT2D eigenvalue weighted by Gasteiger charge is -2.35. The first-order valence-electron chi connectivity index (χ1n) is 8.08. The highest BCUT2D eigenvalue weighted by molar-refractivity contribution is 14.0. The maximum absolute atomic E-state index is 6.15. The molecule has 0 atom stereocenters. The Hall–Kier alpha value is -1.55. The fourth-order valence-electron chi connectivity index (χ4n) is 2.73. The summed E-state index contributed by atoms with van der Waals surface area (Å²) in [7, 11) is 1.68. The van der Waals surface area contributed by atoms with Gasteiger partial charge in [0.2, 0.25) is 0 Å². The lowest BCUT2D eigenvalue weighted by Crippen LogP contribution is -2.51. The van der Waals surface area contributed by atoms with E-state index in [2.05, 4.69) is 25.8 Å². The number of hydrogen-bond donors (Lipinski definition) is 1. The Kier molecular flexibility index (Phi) is 7.76. The molecule has 1 fully saturated rings. The molecule has 0 unspecified atom stereocenters. The topological polar surface area (TPSA) is 67.0 Å². The molecule has 0 spiro atoms. The molecule has 2 N–H and O–H groups in total. The molecule has 0 bridgehead atoms. The van der Waals surface area contributed by atoms with Gasteiger partial charge in [0.05, 0.1) is 7.11 Å². The van der Waals surface area contributed by atoms with Gasteiger partial charge in [-0.1, -0.05) is 12.1 Å². The van der Waals surface area contributed by atoms with E-state index in [-0.39, 0.29) is 24.0 Å². The Bertz CT molecular complexity index is 671. The van der Waals surface area contributed by atoms with Crippen LogP contribution in [0, 0.1) is 0 Å². The van der Waals surface area contributed by atoms with Crippen molar-refractivity contribution in [2.24, 2.45) is 10.7 Å². The highest BCUT2D eigenvalue weighted by atomic mass is 127. The van der Waals surface area contributed by atoms with Crippen LogP contribution in [-0.4, -0.2) is 55.7 Å². The minimum absolute atomic E-state index is 0. The van der Waals surface area contributed by atoms with Crippen molar-refractivity contribution in [3.63, 3.8) is 0 Å². The van der Waals surface area contributed by atoms with Crippen LogP contribution in [-0.2, 0) is 6.42 Å². The van der Waals surface area contributed by atoms with Crippen molar-refractivity contribution < 1.29 is 4.74 Å². The zero-order chi connectivity index (χ0) is 16.8. The average molecular weight is 473 g/mol. The Morgan fingerprint density at radius 2 is 2.12 bits per heavy atom. The molecule has 8 heteroatoms. The van der Waals surface area contributed by atoms with E-state index in [0.29, 0.717) is 12.5 Å². The van der Waals surface area contributed by atoms with Crippen LogP contribution in [0.1, 0.15) is 5.56 Å². The second-order valence-electron chi connectivity index (χ2n) is 5.63. The molecular weight excluding hydrogens is 449 g/mol. The van der Waals surface area contributed by atoms with Gasteiger partial charge >= 0.3 is 0 Å². The van der Waals surface area contributed by atoms with Crippen LogP contribution in [0.2, 0.25) is 0 Å². The molecule has 25 heavy (non-hydrogen) atoms. The van der Waals surface area contributed by atoms with Gasteiger partial charge in [0, 0.05) is 44.3 Å². The number of nitrogens with zero attached hydrogens (tertiary/aromatic N) is 4. The minimum Gasteiger partial charge on any atom is -0.497 e. The highest BCUT2D eigenvalue weighted by Gasteiger charge is 2.19. The normalized spacial score (nSPS) is 15.0. The van der Waals surface area contributed by atoms with E-state index >= 15 is 0 Å². The standard InChI is InChI=1S/C17H23N5OS.HI/c1-23-15-4-2-3-14(13-15)5-6-19-16(18)21-8-10-22(11-9-21)17-20-7-12-24-17;/h2-4,7,12-13H,5-6,8-11H2,1H3,(H2,18,19);1H. The van der Waals surface area contributed by atoms with Crippen LogP contribution in [0.25, 0.3) is 0 Å². The number of guanidine groups is 1. The molecule has 1 aliphatic heterocycles. The highest BCUT2D eigenvalue weighted by Crippen LogP contribution is 2.18. The summed E-state index contributed by atoms with van der Waals surface area (Å²) in [4.78, 5) is 13.3. The molecular formula is C17H24IN5OS. The molecule has 0 aliphatic carbocycles. The first-order valence-corrected chi connectivity index (χ1v) is 8.96. The van der Waals surface area contributed by atoms with E-state index in [0.717, 1.165) is 43.5 Å². The SMILES string of the molecule is COc1cccc(CCN=C(N)N2CCN(c3nccs3)CC2)c1.I. The van der Waals surface area contributed by atoms with Gasteiger partial charge in [-0.2, -0.15) is 0 Å². The van der Waals surface area contributed by atoms with E-state index < -0.39 is 0 Å². The largest absolute Gasteiger partial charge is 0.497 e. The van der Waals surface area contributed by atoms with Crippen molar-refractivity contribution in [2.45, 2.75) is 6.42 Å². The van der Waals surface area contributed by atoms with E-state index in [1.165, 1.54) is 5.56 Å². The molecule has 0 amide bonds. The van der Waals surface area contributed by atoms with Crippen LogP contribution in [0.4, 0.5) is 5.13 Å². The molecule has 136 valence electrons. The van der Waals surface area contributed by atoms with Crippen molar-refractivity contribution in [3.05, 3.63) is 41.4 Å². The molecule has 1 aromatic heterocycles. The van der Waals surface area contributed by atoms with Gasteiger partial charge in [0.1, 0.15) is 5.75 Å². The first kappa shape index (κ1) is 19.8. The molecule has 3 rings (SSSR count). The van der Waals surface area contributed by atoms with Crippen LogP contribution < -0.4 is 15.4 Å². The van der Waals surface area contributed by atoms with Gasteiger partial charge in [0.25, 0.3) is 0 Å². The number of methoxy groups -OCH3 is 1. The number of aliphatic imine (C=N–C) groups is 1. The van der Waals surface area contributed by atoms with E-state index in [4.69, 9.17) is 10.5 Å². The number of hydrogen-bond acceptors (Lipinski definition) is 5. The average Bonchev–Trinajstić information content (AvgIpc) is 3.16. The van der Waals surface area contributed by atoms with Crippen molar-refractivity contribution in [1.82, 2.24) is 9.88 Å². The summed E-state index contributed by atoms with van der Waals surface area (Å²) in [5.74, 6) is 1.51. The summed E-state index contributed by atoms with van der Waals surface area (Å²) < 4.78 is 5.24. The molecule has 0 saturated carbocycles. The van der Waals surface area contributed by atoms with Gasteiger partial charge in [-0.25, -0.2) is 4.98 Å². The Morgan fingerprint density at radius 3 is 2.80 bits per heavy atom. The number of anilines is 1. The van der Waals surface area contributed by atoms with Gasteiger partial charge in [-0.05, 0) is 24.1 Å².